The van der Waals surface area contributed by atoms with Crippen LogP contribution in [0, 0.1) is 5.92 Å². The van der Waals surface area contributed by atoms with Crippen molar-refractivity contribution >= 4 is 11.6 Å². The summed E-state index contributed by atoms with van der Waals surface area (Å²) in [5, 5.41) is 0. The van der Waals surface area contributed by atoms with Gasteiger partial charge in [-0.15, -0.1) is 0 Å². The first-order valence-electron chi connectivity index (χ1n) is 6.69. The molecular formula is C15H25N3O. The number of hydrogen-bond acceptors (Lipinski definition) is 3. The fourth-order valence-electron chi connectivity index (χ4n) is 1.85. The van der Waals surface area contributed by atoms with E-state index < -0.39 is 0 Å². The third-order valence-electron chi connectivity index (χ3n) is 2.85. The number of carbonyl (C=O) groups is 1. The first-order chi connectivity index (χ1) is 8.90. The normalized spacial score (nSPS) is 11.1. The maximum Gasteiger partial charge on any atom is 0.253 e. The highest BCUT2D eigenvalue weighted by Crippen LogP contribution is 2.10. The summed E-state index contributed by atoms with van der Waals surface area (Å²) in [5.74, 6) is 0.537. The van der Waals surface area contributed by atoms with E-state index in [0.717, 1.165) is 19.6 Å². The van der Waals surface area contributed by atoms with Gasteiger partial charge in [-0.1, -0.05) is 13.8 Å². The van der Waals surface area contributed by atoms with Crippen molar-refractivity contribution in [2.24, 2.45) is 5.92 Å². The molecule has 0 saturated heterocycles. The molecule has 0 radical (unpaired) electrons. The number of anilines is 1. The van der Waals surface area contributed by atoms with Crippen LogP contribution < -0.4 is 5.73 Å². The zero-order valence-corrected chi connectivity index (χ0v) is 12.4. The number of nitrogens with two attached hydrogens (primary N) is 1. The molecule has 0 fully saturated rings. The smallest absolute Gasteiger partial charge is 0.253 e. The lowest BCUT2D eigenvalue weighted by Gasteiger charge is -2.26. The second-order valence-corrected chi connectivity index (χ2v) is 5.57. The van der Waals surface area contributed by atoms with Gasteiger partial charge in [-0.25, -0.2) is 0 Å². The van der Waals surface area contributed by atoms with Crippen LogP contribution in [-0.4, -0.2) is 49.4 Å². The molecule has 106 valence electrons. The quantitative estimate of drug-likeness (QED) is 0.798. The molecule has 0 saturated carbocycles. The zero-order valence-electron chi connectivity index (χ0n) is 12.4. The van der Waals surface area contributed by atoms with Crippen LogP contribution >= 0.6 is 0 Å². The molecule has 19 heavy (non-hydrogen) atoms. The summed E-state index contributed by atoms with van der Waals surface area (Å²) in [6.07, 6.45) is 0. The van der Waals surface area contributed by atoms with E-state index in [1.165, 1.54) is 0 Å². The minimum atomic E-state index is 0.0792. The third kappa shape index (κ3) is 5.30. The third-order valence-corrected chi connectivity index (χ3v) is 2.85. The first kappa shape index (κ1) is 15.5. The highest BCUT2D eigenvalue weighted by Gasteiger charge is 2.16. The fourth-order valence-corrected chi connectivity index (χ4v) is 1.85. The van der Waals surface area contributed by atoms with Gasteiger partial charge in [0, 0.05) is 30.9 Å². The number of nitrogen functional groups attached to an aromatic ring is 1. The van der Waals surface area contributed by atoms with Crippen molar-refractivity contribution in [1.29, 1.82) is 0 Å². The molecule has 4 nitrogen and oxygen atoms in total. The number of nitrogens with zero attached hydrogens (tertiary/aromatic N) is 2. The number of hydrogen-bond donors (Lipinski definition) is 1. The first-order valence-corrected chi connectivity index (χ1v) is 6.69. The minimum Gasteiger partial charge on any atom is -0.399 e. The van der Waals surface area contributed by atoms with E-state index in [2.05, 4.69) is 18.7 Å². The van der Waals surface area contributed by atoms with Crippen LogP contribution in [0.15, 0.2) is 24.3 Å². The van der Waals surface area contributed by atoms with Gasteiger partial charge in [0.1, 0.15) is 0 Å². The Morgan fingerprint density at radius 1 is 1.16 bits per heavy atom. The number of amides is 1. The summed E-state index contributed by atoms with van der Waals surface area (Å²) in [6.45, 7) is 6.64. The lowest BCUT2D eigenvalue weighted by molar-refractivity contribution is 0.0724. The van der Waals surface area contributed by atoms with E-state index in [0.29, 0.717) is 17.2 Å². The molecule has 0 heterocycles. The maximum absolute atomic E-state index is 12.5. The van der Waals surface area contributed by atoms with E-state index >= 15 is 0 Å². The number of rotatable bonds is 6. The highest BCUT2D eigenvalue weighted by atomic mass is 16.2. The maximum atomic E-state index is 12.5. The van der Waals surface area contributed by atoms with Gasteiger partial charge < -0.3 is 15.5 Å². The zero-order chi connectivity index (χ0) is 14.4. The summed E-state index contributed by atoms with van der Waals surface area (Å²) in [6, 6.07) is 7.13. The molecule has 0 aliphatic rings. The van der Waals surface area contributed by atoms with Crippen molar-refractivity contribution in [3.63, 3.8) is 0 Å². The fraction of sp³-hybridized carbons (Fsp3) is 0.533. The molecule has 1 rings (SSSR count). The van der Waals surface area contributed by atoms with E-state index in [-0.39, 0.29) is 5.91 Å². The number of carbonyl (C=O) groups excluding carboxylic acids is 1. The molecule has 1 aromatic carbocycles. The summed E-state index contributed by atoms with van der Waals surface area (Å²) in [5.41, 5.74) is 7.03. The summed E-state index contributed by atoms with van der Waals surface area (Å²) in [4.78, 5) is 16.5. The second-order valence-electron chi connectivity index (χ2n) is 5.57. The Hall–Kier alpha value is -1.55. The van der Waals surface area contributed by atoms with Crippen molar-refractivity contribution in [2.75, 3.05) is 39.5 Å². The van der Waals surface area contributed by atoms with E-state index in [1.807, 2.05) is 19.0 Å². The molecule has 0 aliphatic heterocycles. The van der Waals surface area contributed by atoms with Gasteiger partial charge in [-0.3, -0.25) is 4.79 Å². The van der Waals surface area contributed by atoms with Gasteiger partial charge >= 0.3 is 0 Å². The van der Waals surface area contributed by atoms with Gasteiger partial charge in [0.15, 0.2) is 0 Å². The van der Waals surface area contributed by atoms with E-state index in [9.17, 15) is 4.79 Å². The number of likely N-dealkylation sites (N-methyl/N-ethyl adjacent to an activating group) is 1. The molecule has 0 unspecified atom stereocenters. The van der Waals surface area contributed by atoms with Crippen molar-refractivity contribution < 1.29 is 4.79 Å². The number of benzene rings is 1. The lowest BCUT2D eigenvalue weighted by Crippen LogP contribution is -2.39. The Kier molecular flexibility index (Phi) is 5.83. The average Bonchev–Trinajstić information content (AvgIpc) is 2.34. The van der Waals surface area contributed by atoms with Crippen LogP contribution in [0.1, 0.15) is 24.2 Å². The molecule has 1 aromatic rings. The largest absolute Gasteiger partial charge is 0.399 e. The molecule has 0 spiro atoms. The van der Waals surface area contributed by atoms with E-state index in [4.69, 9.17) is 5.73 Å². The Labute approximate surface area is 116 Å². The van der Waals surface area contributed by atoms with Gasteiger partial charge in [-0.05, 0) is 44.3 Å². The predicted octanol–water partition coefficient (Wildman–Crippen LogP) is 1.93. The standard InChI is InChI=1S/C15H25N3O/c1-12(2)11-18(10-9-17(3)4)15(19)13-5-7-14(16)8-6-13/h5-8,12H,9-11,16H2,1-4H3. The van der Waals surface area contributed by atoms with Crippen LogP contribution in [0.25, 0.3) is 0 Å². The Morgan fingerprint density at radius 3 is 2.21 bits per heavy atom. The Morgan fingerprint density at radius 2 is 1.74 bits per heavy atom. The molecule has 0 aromatic heterocycles. The van der Waals surface area contributed by atoms with Crippen LogP contribution in [0.2, 0.25) is 0 Å². The van der Waals surface area contributed by atoms with Gasteiger partial charge in [0.2, 0.25) is 0 Å². The average molecular weight is 263 g/mol. The predicted molar refractivity (Wildman–Crippen MR) is 80.1 cm³/mol. The van der Waals surface area contributed by atoms with Gasteiger partial charge in [0.25, 0.3) is 5.91 Å². The molecule has 1 amide bonds. The van der Waals surface area contributed by atoms with Crippen LogP contribution in [0.4, 0.5) is 5.69 Å². The molecule has 0 bridgehead atoms. The van der Waals surface area contributed by atoms with Crippen LogP contribution in [-0.2, 0) is 0 Å². The van der Waals surface area contributed by atoms with Crippen molar-refractivity contribution in [1.82, 2.24) is 9.80 Å². The minimum absolute atomic E-state index is 0.0792. The van der Waals surface area contributed by atoms with E-state index in [1.54, 1.807) is 24.3 Å². The molecule has 0 atom stereocenters. The van der Waals surface area contributed by atoms with Gasteiger partial charge in [0.05, 0.1) is 0 Å². The Bertz CT molecular complexity index is 398. The SMILES string of the molecule is CC(C)CN(CCN(C)C)C(=O)c1ccc(N)cc1. The van der Waals surface area contributed by atoms with Gasteiger partial charge in [-0.2, -0.15) is 0 Å². The summed E-state index contributed by atoms with van der Waals surface area (Å²) >= 11 is 0. The summed E-state index contributed by atoms with van der Waals surface area (Å²) in [7, 11) is 4.03. The molecular weight excluding hydrogens is 238 g/mol. The van der Waals surface area contributed by atoms with Crippen molar-refractivity contribution in [3.8, 4) is 0 Å². The molecule has 0 aliphatic carbocycles. The topological polar surface area (TPSA) is 49.6 Å². The highest BCUT2D eigenvalue weighted by molar-refractivity contribution is 5.94. The van der Waals surface area contributed by atoms with Crippen LogP contribution in [0.3, 0.4) is 0 Å². The van der Waals surface area contributed by atoms with Crippen LogP contribution in [0.5, 0.6) is 0 Å². The molecule has 2 N–H and O–H groups in total. The van der Waals surface area contributed by atoms with Crippen molar-refractivity contribution in [2.45, 2.75) is 13.8 Å². The van der Waals surface area contributed by atoms with Crippen molar-refractivity contribution in [3.05, 3.63) is 29.8 Å². The second kappa shape index (κ2) is 7.14. The summed E-state index contributed by atoms with van der Waals surface area (Å²) < 4.78 is 0. The Balaban J connectivity index is 2.77. The monoisotopic (exact) mass is 263 g/mol. The lowest BCUT2D eigenvalue weighted by atomic mass is 10.1. The molecule has 4 heteroatoms.